The molecular weight excluding hydrogens is 326 g/mol. The van der Waals surface area contributed by atoms with E-state index in [0.717, 1.165) is 43.7 Å². The van der Waals surface area contributed by atoms with Gasteiger partial charge in [0.15, 0.2) is 11.5 Å². The fraction of sp³-hybridized carbons (Fsp3) is 0.636. The molecule has 1 heterocycles. The summed E-state index contributed by atoms with van der Waals surface area (Å²) in [5, 5.41) is 10.1. The van der Waals surface area contributed by atoms with Crippen molar-refractivity contribution < 1.29 is 14.6 Å². The number of rotatable bonds is 7. The van der Waals surface area contributed by atoms with E-state index in [1.807, 2.05) is 19.9 Å². The molecule has 4 nitrogen and oxygen atoms in total. The van der Waals surface area contributed by atoms with Crippen LogP contribution in [0.25, 0.3) is 0 Å². The van der Waals surface area contributed by atoms with Crippen LogP contribution in [0.5, 0.6) is 11.5 Å². The lowest BCUT2D eigenvalue weighted by atomic mass is 9.69. The predicted octanol–water partition coefficient (Wildman–Crippen LogP) is 3.92. The number of hydrogen-bond donors (Lipinski definition) is 1. The molecule has 0 radical (unpaired) electrons. The minimum absolute atomic E-state index is 0.0484. The van der Waals surface area contributed by atoms with Crippen LogP contribution >= 0.6 is 0 Å². The minimum atomic E-state index is -0.350. The lowest BCUT2D eigenvalue weighted by Gasteiger charge is -2.39. The Hall–Kier alpha value is -1.52. The molecule has 0 amide bonds. The smallest absolute Gasteiger partial charge is 0.161 e. The molecule has 0 unspecified atom stereocenters. The van der Waals surface area contributed by atoms with Crippen LogP contribution in [0.2, 0.25) is 0 Å². The maximum absolute atomic E-state index is 10.1. The summed E-state index contributed by atoms with van der Waals surface area (Å²) in [5.41, 5.74) is 1.21. The number of benzene rings is 1. The number of ether oxygens (including phenoxy) is 2. The van der Waals surface area contributed by atoms with Crippen molar-refractivity contribution in [1.29, 1.82) is 0 Å². The molecule has 3 atom stereocenters. The molecular formula is C22H33NO3. The van der Waals surface area contributed by atoms with Crippen molar-refractivity contribution in [3.05, 3.63) is 35.9 Å². The number of aliphatic hydroxyl groups is 1. The van der Waals surface area contributed by atoms with Gasteiger partial charge < -0.3 is 19.5 Å². The second kappa shape index (κ2) is 8.01. The molecule has 1 aliphatic heterocycles. The Morgan fingerprint density at radius 1 is 1.31 bits per heavy atom. The molecule has 1 N–H and O–H groups in total. The normalized spacial score (nSPS) is 28.4. The van der Waals surface area contributed by atoms with Crippen LogP contribution in [-0.4, -0.2) is 48.5 Å². The standard InChI is InChI=1S/C22H33NO3/c1-5-6-13-25-20-14-17(7-8-19(20)26-16(2)3)22-10-9-18(24)15-21(22)23(4)12-11-22/h7-10,14,16,18,21,24H,5-6,11-13,15H2,1-4H3/t18-,21+,22+/m1/s1. The zero-order valence-corrected chi connectivity index (χ0v) is 16.6. The predicted molar refractivity (Wildman–Crippen MR) is 105 cm³/mol. The fourth-order valence-corrected chi connectivity index (χ4v) is 4.27. The van der Waals surface area contributed by atoms with Gasteiger partial charge in [-0.05, 0) is 64.4 Å². The summed E-state index contributed by atoms with van der Waals surface area (Å²) in [4.78, 5) is 2.38. The highest BCUT2D eigenvalue weighted by Crippen LogP contribution is 2.47. The number of hydrogen-bond acceptors (Lipinski definition) is 4. The Morgan fingerprint density at radius 3 is 2.85 bits per heavy atom. The summed E-state index contributed by atoms with van der Waals surface area (Å²) in [6, 6.07) is 6.72. The van der Waals surface area contributed by atoms with E-state index in [9.17, 15) is 5.11 Å². The van der Waals surface area contributed by atoms with Crippen LogP contribution in [0.4, 0.5) is 0 Å². The van der Waals surface area contributed by atoms with Gasteiger partial charge in [-0.2, -0.15) is 0 Å². The molecule has 144 valence electrons. The first-order valence-corrected chi connectivity index (χ1v) is 9.98. The molecule has 1 aromatic rings. The van der Waals surface area contributed by atoms with Crippen LogP contribution in [0, 0.1) is 0 Å². The van der Waals surface area contributed by atoms with Gasteiger partial charge >= 0.3 is 0 Å². The van der Waals surface area contributed by atoms with Gasteiger partial charge in [0.25, 0.3) is 0 Å². The Balaban J connectivity index is 1.96. The van der Waals surface area contributed by atoms with E-state index in [2.05, 4.69) is 43.1 Å². The van der Waals surface area contributed by atoms with Crippen molar-refractivity contribution in [3.63, 3.8) is 0 Å². The summed E-state index contributed by atoms with van der Waals surface area (Å²) < 4.78 is 12.1. The Morgan fingerprint density at radius 2 is 2.12 bits per heavy atom. The first kappa shape index (κ1) is 19.2. The van der Waals surface area contributed by atoms with Crippen molar-refractivity contribution in [2.24, 2.45) is 0 Å². The van der Waals surface area contributed by atoms with E-state index >= 15 is 0 Å². The molecule has 1 fully saturated rings. The van der Waals surface area contributed by atoms with Gasteiger partial charge in [0, 0.05) is 11.5 Å². The first-order valence-electron chi connectivity index (χ1n) is 9.98. The minimum Gasteiger partial charge on any atom is -0.490 e. The molecule has 1 aromatic carbocycles. The second-order valence-corrected chi connectivity index (χ2v) is 7.98. The zero-order valence-electron chi connectivity index (χ0n) is 16.6. The van der Waals surface area contributed by atoms with E-state index in [4.69, 9.17) is 9.47 Å². The maximum Gasteiger partial charge on any atom is 0.161 e. The summed E-state index contributed by atoms with van der Waals surface area (Å²) in [6.45, 7) is 7.99. The van der Waals surface area contributed by atoms with Crippen LogP contribution < -0.4 is 9.47 Å². The molecule has 0 saturated carbocycles. The summed E-state index contributed by atoms with van der Waals surface area (Å²) in [7, 11) is 2.16. The third-order valence-corrected chi connectivity index (χ3v) is 5.68. The van der Waals surface area contributed by atoms with Crippen molar-refractivity contribution in [1.82, 2.24) is 4.90 Å². The fourth-order valence-electron chi connectivity index (χ4n) is 4.27. The Labute approximate surface area is 157 Å². The van der Waals surface area contributed by atoms with Gasteiger partial charge in [0.1, 0.15) is 0 Å². The number of unbranched alkanes of at least 4 members (excludes halogenated alkanes) is 1. The second-order valence-electron chi connectivity index (χ2n) is 7.98. The quantitative estimate of drug-likeness (QED) is 0.592. The van der Waals surface area contributed by atoms with E-state index in [1.165, 1.54) is 5.56 Å². The zero-order chi connectivity index (χ0) is 18.7. The van der Waals surface area contributed by atoms with Crippen molar-refractivity contribution in [2.45, 2.75) is 70.1 Å². The molecule has 0 spiro atoms. The number of aliphatic hydroxyl groups excluding tert-OH is 1. The highest BCUT2D eigenvalue weighted by Gasteiger charge is 2.48. The maximum atomic E-state index is 10.1. The Bertz CT molecular complexity index is 642. The average Bonchev–Trinajstić information content (AvgIpc) is 2.94. The molecule has 3 rings (SSSR count). The lowest BCUT2D eigenvalue weighted by Crippen LogP contribution is -2.44. The van der Waals surface area contributed by atoms with Crippen molar-refractivity contribution in [3.8, 4) is 11.5 Å². The van der Waals surface area contributed by atoms with Crippen molar-refractivity contribution in [2.75, 3.05) is 20.2 Å². The average molecular weight is 360 g/mol. The Kier molecular flexibility index (Phi) is 5.93. The van der Waals surface area contributed by atoms with Gasteiger partial charge in [-0.25, -0.2) is 0 Å². The SMILES string of the molecule is CCCCOc1cc([C@@]23C=C[C@@H](O)C[C@@H]2N(C)CC3)ccc1OC(C)C. The molecule has 26 heavy (non-hydrogen) atoms. The number of nitrogens with zero attached hydrogens (tertiary/aromatic N) is 1. The summed E-state index contributed by atoms with van der Waals surface area (Å²) in [5.74, 6) is 1.66. The largest absolute Gasteiger partial charge is 0.490 e. The number of likely N-dealkylation sites (N-methyl/N-ethyl adjacent to an activating group) is 1. The van der Waals surface area contributed by atoms with Gasteiger partial charge in [-0.3, -0.25) is 0 Å². The first-order chi connectivity index (χ1) is 12.5. The topological polar surface area (TPSA) is 41.9 Å². The van der Waals surface area contributed by atoms with Crippen LogP contribution in [0.1, 0.15) is 52.0 Å². The van der Waals surface area contributed by atoms with Gasteiger partial charge in [0.2, 0.25) is 0 Å². The third kappa shape index (κ3) is 3.77. The van der Waals surface area contributed by atoms with Gasteiger partial charge in [-0.1, -0.05) is 31.6 Å². The highest BCUT2D eigenvalue weighted by molar-refractivity contribution is 5.49. The van der Waals surface area contributed by atoms with Gasteiger partial charge in [0.05, 0.1) is 18.8 Å². The number of likely N-dealkylation sites (tertiary alicyclic amines) is 1. The molecule has 1 saturated heterocycles. The monoisotopic (exact) mass is 359 g/mol. The van der Waals surface area contributed by atoms with Gasteiger partial charge in [-0.15, -0.1) is 0 Å². The van der Waals surface area contributed by atoms with E-state index in [0.29, 0.717) is 12.6 Å². The van der Waals surface area contributed by atoms with E-state index in [1.54, 1.807) is 0 Å². The van der Waals surface area contributed by atoms with Crippen LogP contribution in [0.15, 0.2) is 30.4 Å². The summed E-state index contributed by atoms with van der Waals surface area (Å²) in [6.07, 6.45) is 7.94. The van der Waals surface area contributed by atoms with Crippen LogP contribution in [0.3, 0.4) is 0 Å². The van der Waals surface area contributed by atoms with E-state index < -0.39 is 0 Å². The third-order valence-electron chi connectivity index (χ3n) is 5.68. The lowest BCUT2D eigenvalue weighted by molar-refractivity contribution is 0.137. The molecule has 0 aromatic heterocycles. The molecule has 1 aliphatic carbocycles. The van der Waals surface area contributed by atoms with E-state index in [-0.39, 0.29) is 17.6 Å². The molecule has 0 bridgehead atoms. The van der Waals surface area contributed by atoms with Crippen molar-refractivity contribution >= 4 is 0 Å². The highest BCUT2D eigenvalue weighted by atomic mass is 16.5. The summed E-state index contributed by atoms with van der Waals surface area (Å²) >= 11 is 0. The molecule has 2 aliphatic rings. The number of fused-ring (bicyclic) bond motifs is 1. The van der Waals surface area contributed by atoms with Crippen LogP contribution in [-0.2, 0) is 5.41 Å². The molecule has 4 heteroatoms.